The van der Waals surface area contributed by atoms with E-state index in [1.165, 1.54) is 25.4 Å². The van der Waals surface area contributed by atoms with Crippen molar-refractivity contribution in [3.8, 4) is 16.9 Å². The van der Waals surface area contributed by atoms with Crippen LogP contribution in [0.1, 0.15) is 23.7 Å². The third-order valence-electron chi connectivity index (χ3n) is 3.01. The Kier molecular flexibility index (Phi) is 4.87. The first-order valence-corrected chi connectivity index (χ1v) is 6.73. The maximum atomic E-state index is 13.4. The molecule has 1 aromatic heterocycles. The fourth-order valence-corrected chi connectivity index (χ4v) is 1.96. The largest absolute Gasteiger partial charge is 0.496 e. The number of nitrogens with one attached hydrogen (secondary N) is 1. The predicted octanol–water partition coefficient (Wildman–Crippen LogP) is 3.04. The van der Waals surface area contributed by atoms with Crippen molar-refractivity contribution >= 4 is 5.91 Å². The zero-order chi connectivity index (χ0) is 15.2. The van der Waals surface area contributed by atoms with Gasteiger partial charge in [-0.25, -0.2) is 4.39 Å². The van der Waals surface area contributed by atoms with Gasteiger partial charge in [0.15, 0.2) is 0 Å². The van der Waals surface area contributed by atoms with Crippen LogP contribution in [0, 0.1) is 5.82 Å². The van der Waals surface area contributed by atoms with Crippen LogP contribution in [0.25, 0.3) is 11.1 Å². The summed E-state index contributed by atoms with van der Waals surface area (Å²) < 4.78 is 18.7. The molecule has 1 N–H and O–H groups in total. The standard InChI is InChI=1S/C16H17FN2O2/c1-3-6-19-16(20)12-7-11(9-18-10-12)14-8-13(17)4-5-15(14)21-2/h4-5,7-10H,3,6H2,1-2H3,(H,19,20). The van der Waals surface area contributed by atoms with Crippen LogP contribution in [0.5, 0.6) is 5.75 Å². The van der Waals surface area contributed by atoms with Gasteiger partial charge in [0.1, 0.15) is 11.6 Å². The molecule has 1 aromatic carbocycles. The molecule has 0 spiro atoms. The quantitative estimate of drug-likeness (QED) is 0.920. The first-order valence-electron chi connectivity index (χ1n) is 6.73. The molecule has 5 heteroatoms. The summed E-state index contributed by atoms with van der Waals surface area (Å²) in [5, 5.41) is 2.78. The van der Waals surface area contributed by atoms with E-state index in [0.717, 1.165) is 6.42 Å². The second-order valence-corrected chi connectivity index (χ2v) is 4.56. The van der Waals surface area contributed by atoms with Crippen molar-refractivity contribution in [3.05, 3.63) is 48.0 Å². The van der Waals surface area contributed by atoms with Crippen molar-refractivity contribution in [2.45, 2.75) is 13.3 Å². The number of hydrogen-bond acceptors (Lipinski definition) is 3. The van der Waals surface area contributed by atoms with Crippen molar-refractivity contribution in [1.82, 2.24) is 10.3 Å². The van der Waals surface area contributed by atoms with Gasteiger partial charge in [0, 0.05) is 30.1 Å². The third-order valence-corrected chi connectivity index (χ3v) is 3.01. The van der Waals surface area contributed by atoms with Crippen molar-refractivity contribution in [1.29, 1.82) is 0 Å². The molecule has 0 aliphatic heterocycles. The van der Waals surface area contributed by atoms with Gasteiger partial charge in [-0.2, -0.15) is 0 Å². The molecule has 0 aliphatic carbocycles. The Balaban J connectivity index is 2.37. The van der Waals surface area contributed by atoms with Crippen LogP contribution >= 0.6 is 0 Å². The van der Waals surface area contributed by atoms with E-state index in [1.54, 1.807) is 18.3 Å². The second-order valence-electron chi connectivity index (χ2n) is 4.56. The van der Waals surface area contributed by atoms with Crippen LogP contribution in [-0.2, 0) is 0 Å². The lowest BCUT2D eigenvalue weighted by Gasteiger charge is -2.10. The number of amides is 1. The van der Waals surface area contributed by atoms with Gasteiger partial charge in [-0.1, -0.05) is 6.92 Å². The molecule has 0 aliphatic rings. The van der Waals surface area contributed by atoms with Gasteiger partial charge in [-0.05, 0) is 30.7 Å². The Morgan fingerprint density at radius 2 is 2.14 bits per heavy atom. The molecule has 4 nitrogen and oxygen atoms in total. The van der Waals surface area contributed by atoms with Gasteiger partial charge >= 0.3 is 0 Å². The van der Waals surface area contributed by atoms with Crippen LogP contribution < -0.4 is 10.1 Å². The average Bonchev–Trinajstić information content (AvgIpc) is 2.52. The first kappa shape index (κ1) is 15.0. The van der Waals surface area contributed by atoms with E-state index in [9.17, 15) is 9.18 Å². The monoisotopic (exact) mass is 288 g/mol. The molecular formula is C16H17FN2O2. The number of pyridine rings is 1. The summed E-state index contributed by atoms with van der Waals surface area (Å²) in [6.07, 6.45) is 3.92. The Morgan fingerprint density at radius 3 is 2.86 bits per heavy atom. The summed E-state index contributed by atoms with van der Waals surface area (Å²) in [6.45, 7) is 2.58. The Hall–Kier alpha value is -2.43. The number of ether oxygens (including phenoxy) is 1. The molecule has 110 valence electrons. The number of hydrogen-bond donors (Lipinski definition) is 1. The number of methoxy groups -OCH3 is 1. The molecule has 0 bridgehead atoms. The van der Waals surface area contributed by atoms with Crippen LogP contribution in [-0.4, -0.2) is 24.5 Å². The molecule has 1 heterocycles. The summed E-state index contributed by atoms with van der Waals surface area (Å²) in [6, 6.07) is 5.92. The van der Waals surface area contributed by atoms with Crippen molar-refractivity contribution in [3.63, 3.8) is 0 Å². The molecule has 2 aromatic rings. The zero-order valence-corrected chi connectivity index (χ0v) is 12.0. The molecule has 21 heavy (non-hydrogen) atoms. The number of nitrogens with zero attached hydrogens (tertiary/aromatic N) is 1. The molecule has 0 atom stereocenters. The van der Waals surface area contributed by atoms with E-state index >= 15 is 0 Å². The second kappa shape index (κ2) is 6.83. The van der Waals surface area contributed by atoms with Crippen molar-refractivity contribution in [2.24, 2.45) is 0 Å². The van der Waals surface area contributed by atoms with Gasteiger partial charge < -0.3 is 10.1 Å². The minimum Gasteiger partial charge on any atom is -0.496 e. The average molecular weight is 288 g/mol. The SMILES string of the molecule is CCCNC(=O)c1cncc(-c2cc(F)ccc2OC)c1. The lowest BCUT2D eigenvalue weighted by Crippen LogP contribution is -2.24. The highest BCUT2D eigenvalue weighted by molar-refractivity contribution is 5.95. The van der Waals surface area contributed by atoms with Crippen LogP contribution in [0.4, 0.5) is 4.39 Å². The number of benzene rings is 1. The van der Waals surface area contributed by atoms with Gasteiger partial charge in [0.2, 0.25) is 0 Å². The Morgan fingerprint density at radius 1 is 1.33 bits per heavy atom. The minimum atomic E-state index is -0.369. The van der Waals surface area contributed by atoms with Gasteiger partial charge in [0.05, 0.1) is 12.7 Å². The molecule has 0 fully saturated rings. The number of halogens is 1. The van der Waals surface area contributed by atoms with Crippen LogP contribution in [0.15, 0.2) is 36.7 Å². The van der Waals surface area contributed by atoms with Crippen molar-refractivity contribution in [2.75, 3.05) is 13.7 Å². The number of carbonyl (C=O) groups excluding carboxylic acids is 1. The lowest BCUT2D eigenvalue weighted by atomic mass is 10.0. The predicted molar refractivity (Wildman–Crippen MR) is 78.8 cm³/mol. The lowest BCUT2D eigenvalue weighted by molar-refractivity contribution is 0.0953. The van der Waals surface area contributed by atoms with E-state index in [1.807, 2.05) is 6.92 Å². The van der Waals surface area contributed by atoms with Crippen LogP contribution in [0.3, 0.4) is 0 Å². The first-order chi connectivity index (χ1) is 10.2. The normalized spacial score (nSPS) is 10.2. The highest BCUT2D eigenvalue weighted by atomic mass is 19.1. The fraction of sp³-hybridized carbons (Fsp3) is 0.250. The molecule has 0 saturated heterocycles. The minimum absolute atomic E-state index is 0.193. The highest BCUT2D eigenvalue weighted by Crippen LogP contribution is 2.30. The Labute approximate surface area is 123 Å². The van der Waals surface area contributed by atoms with E-state index in [0.29, 0.717) is 29.0 Å². The summed E-state index contributed by atoms with van der Waals surface area (Å²) in [5.41, 5.74) is 1.64. The van der Waals surface area contributed by atoms with Crippen LogP contribution in [0.2, 0.25) is 0 Å². The van der Waals surface area contributed by atoms with Crippen molar-refractivity contribution < 1.29 is 13.9 Å². The maximum absolute atomic E-state index is 13.4. The molecule has 0 radical (unpaired) electrons. The Bertz CT molecular complexity index is 644. The highest BCUT2D eigenvalue weighted by Gasteiger charge is 2.11. The number of carbonyl (C=O) groups is 1. The smallest absolute Gasteiger partial charge is 0.252 e. The topological polar surface area (TPSA) is 51.2 Å². The summed E-state index contributed by atoms with van der Waals surface area (Å²) in [4.78, 5) is 16.0. The molecule has 0 saturated carbocycles. The molecule has 2 rings (SSSR count). The third kappa shape index (κ3) is 3.56. The van der Waals surface area contributed by atoms with E-state index in [4.69, 9.17) is 4.74 Å². The van der Waals surface area contributed by atoms with Gasteiger partial charge in [0.25, 0.3) is 5.91 Å². The zero-order valence-electron chi connectivity index (χ0n) is 12.0. The van der Waals surface area contributed by atoms with Gasteiger partial charge in [-0.15, -0.1) is 0 Å². The number of aromatic nitrogens is 1. The molecular weight excluding hydrogens is 271 g/mol. The summed E-state index contributed by atoms with van der Waals surface area (Å²) in [5.74, 6) is -0.0301. The summed E-state index contributed by atoms with van der Waals surface area (Å²) >= 11 is 0. The summed E-state index contributed by atoms with van der Waals surface area (Å²) in [7, 11) is 1.52. The van der Waals surface area contributed by atoms with E-state index in [2.05, 4.69) is 10.3 Å². The maximum Gasteiger partial charge on any atom is 0.252 e. The molecule has 1 amide bonds. The van der Waals surface area contributed by atoms with E-state index < -0.39 is 0 Å². The fourth-order valence-electron chi connectivity index (χ4n) is 1.96. The number of rotatable bonds is 5. The molecule has 0 unspecified atom stereocenters. The van der Waals surface area contributed by atoms with Gasteiger partial charge in [-0.3, -0.25) is 9.78 Å². The van der Waals surface area contributed by atoms with E-state index in [-0.39, 0.29) is 11.7 Å².